The lowest BCUT2D eigenvalue weighted by atomic mass is 10.3. The zero-order chi connectivity index (χ0) is 16.2. The summed E-state index contributed by atoms with van der Waals surface area (Å²) in [5.41, 5.74) is 1.08. The van der Waals surface area contributed by atoms with Crippen molar-refractivity contribution in [2.75, 3.05) is 49.5 Å². The molecule has 24 heavy (non-hydrogen) atoms. The summed E-state index contributed by atoms with van der Waals surface area (Å²) < 4.78 is 1.24. The molecule has 0 amide bonds. The van der Waals surface area contributed by atoms with E-state index < -0.39 is 0 Å². The van der Waals surface area contributed by atoms with Gasteiger partial charge in [-0.3, -0.25) is 4.90 Å². The number of pyridine rings is 1. The van der Waals surface area contributed by atoms with E-state index in [0.717, 1.165) is 55.7 Å². The summed E-state index contributed by atoms with van der Waals surface area (Å²) in [6.07, 6.45) is 1.86. The van der Waals surface area contributed by atoms with E-state index in [2.05, 4.69) is 55.4 Å². The molecule has 4 rings (SSSR count). The van der Waals surface area contributed by atoms with Gasteiger partial charge < -0.3 is 10.2 Å². The summed E-state index contributed by atoms with van der Waals surface area (Å²) >= 11 is 1.72. The van der Waals surface area contributed by atoms with Crippen molar-refractivity contribution < 1.29 is 0 Å². The van der Waals surface area contributed by atoms with Crippen LogP contribution >= 0.6 is 11.3 Å². The molecule has 1 aromatic carbocycles. The van der Waals surface area contributed by atoms with E-state index >= 15 is 0 Å². The third-order valence-corrected chi connectivity index (χ3v) is 5.34. The van der Waals surface area contributed by atoms with Crippen LogP contribution in [0.15, 0.2) is 48.7 Å². The summed E-state index contributed by atoms with van der Waals surface area (Å²) in [6, 6.07) is 14.4. The van der Waals surface area contributed by atoms with Crippen molar-refractivity contribution >= 4 is 32.5 Å². The van der Waals surface area contributed by atoms with E-state index in [-0.39, 0.29) is 0 Å². The van der Waals surface area contributed by atoms with Gasteiger partial charge in [-0.2, -0.15) is 0 Å². The van der Waals surface area contributed by atoms with Gasteiger partial charge in [0, 0.05) is 45.5 Å². The molecule has 1 aliphatic rings. The Balaban J connectivity index is 1.24. The standard InChI is InChI=1S/C18H21N5S/c1-2-6-16-15(5-1)21-18(24-16)20-9-10-22-11-13-23(14-12-22)17-7-3-4-8-19-17/h1-8H,9-14H2,(H,20,21). The minimum atomic E-state index is 0.934. The van der Waals surface area contributed by atoms with Crippen LogP contribution in [0.3, 0.4) is 0 Å². The second-order valence-corrected chi connectivity index (χ2v) is 6.96. The molecule has 1 fully saturated rings. The van der Waals surface area contributed by atoms with Crippen LogP contribution in [0.1, 0.15) is 0 Å². The molecule has 0 atom stereocenters. The number of aromatic nitrogens is 2. The molecule has 0 bridgehead atoms. The molecule has 5 nitrogen and oxygen atoms in total. The van der Waals surface area contributed by atoms with Gasteiger partial charge in [0.15, 0.2) is 5.13 Å². The highest BCUT2D eigenvalue weighted by Gasteiger charge is 2.17. The number of piperazine rings is 1. The number of fused-ring (bicyclic) bond motifs is 1. The van der Waals surface area contributed by atoms with Gasteiger partial charge in [-0.05, 0) is 24.3 Å². The van der Waals surface area contributed by atoms with Crippen LogP contribution in [0.25, 0.3) is 10.2 Å². The predicted molar refractivity (Wildman–Crippen MR) is 101 cm³/mol. The number of anilines is 2. The van der Waals surface area contributed by atoms with Gasteiger partial charge >= 0.3 is 0 Å². The van der Waals surface area contributed by atoms with Gasteiger partial charge in [0.1, 0.15) is 5.82 Å². The van der Waals surface area contributed by atoms with Crippen LogP contribution in [0.4, 0.5) is 10.9 Å². The van der Waals surface area contributed by atoms with Crippen molar-refractivity contribution in [1.82, 2.24) is 14.9 Å². The summed E-state index contributed by atoms with van der Waals surface area (Å²) in [7, 11) is 0. The largest absolute Gasteiger partial charge is 0.360 e. The first kappa shape index (κ1) is 15.4. The quantitative estimate of drug-likeness (QED) is 0.774. The number of hydrogen-bond acceptors (Lipinski definition) is 6. The van der Waals surface area contributed by atoms with Gasteiger partial charge in [-0.25, -0.2) is 9.97 Å². The lowest BCUT2D eigenvalue weighted by molar-refractivity contribution is 0.266. The molecule has 1 saturated heterocycles. The number of nitrogens with zero attached hydrogens (tertiary/aromatic N) is 4. The average Bonchev–Trinajstić information content (AvgIpc) is 3.06. The van der Waals surface area contributed by atoms with Crippen LogP contribution in [-0.2, 0) is 0 Å². The van der Waals surface area contributed by atoms with Crippen molar-refractivity contribution in [3.63, 3.8) is 0 Å². The van der Waals surface area contributed by atoms with Crippen molar-refractivity contribution in [3.05, 3.63) is 48.7 Å². The highest BCUT2D eigenvalue weighted by Crippen LogP contribution is 2.25. The SMILES string of the molecule is c1ccc(N2CCN(CCNc3nc4ccccc4s3)CC2)nc1. The highest BCUT2D eigenvalue weighted by atomic mass is 32.1. The molecular formula is C18H21N5S. The zero-order valence-electron chi connectivity index (χ0n) is 13.6. The molecule has 0 saturated carbocycles. The zero-order valence-corrected chi connectivity index (χ0v) is 14.4. The Morgan fingerprint density at radius 3 is 2.62 bits per heavy atom. The highest BCUT2D eigenvalue weighted by molar-refractivity contribution is 7.22. The summed E-state index contributed by atoms with van der Waals surface area (Å²) in [5, 5.41) is 4.48. The fourth-order valence-corrected chi connectivity index (χ4v) is 3.90. The van der Waals surface area contributed by atoms with E-state index in [1.807, 2.05) is 18.3 Å². The van der Waals surface area contributed by atoms with Crippen molar-refractivity contribution in [3.8, 4) is 0 Å². The fourth-order valence-electron chi connectivity index (χ4n) is 3.01. The van der Waals surface area contributed by atoms with E-state index in [1.165, 1.54) is 4.70 Å². The number of benzene rings is 1. The summed E-state index contributed by atoms with van der Waals surface area (Å²) in [6.45, 7) is 6.22. The maximum Gasteiger partial charge on any atom is 0.183 e. The van der Waals surface area contributed by atoms with E-state index in [9.17, 15) is 0 Å². The third kappa shape index (κ3) is 3.49. The van der Waals surface area contributed by atoms with Crippen LogP contribution in [-0.4, -0.2) is 54.1 Å². The Hall–Kier alpha value is -2.18. The molecule has 2 aromatic heterocycles. The molecule has 6 heteroatoms. The van der Waals surface area contributed by atoms with E-state index in [0.29, 0.717) is 0 Å². The Bertz CT molecular complexity index is 747. The molecule has 3 heterocycles. The molecule has 0 spiro atoms. The number of rotatable bonds is 5. The molecule has 0 unspecified atom stereocenters. The molecule has 1 N–H and O–H groups in total. The van der Waals surface area contributed by atoms with Gasteiger partial charge in [-0.1, -0.05) is 29.5 Å². The monoisotopic (exact) mass is 339 g/mol. The Morgan fingerprint density at radius 1 is 1.00 bits per heavy atom. The van der Waals surface area contributed by atoms with Crippen LogP contribution in [0, 0.1) is 0 Å². The topological polar surface area (TPSA) is 44.3 Å². The Kier molecular flexibility index (Phi) is 4.57. The predicted octanol–water partition coefficient (Wildman–Crippen LogP) is 2.93. The average molecular weight is 339 g/mol. The first-order valence-corrected chi connectivity index (χ1v) is 9.18. The smallest absolute Gasteiger partial charge is 0.183 e. The minimum Gasteiger partial charge on any atom is -0.360 e. The van der Waals surface area contributed by atoms with E-state index in [4.69, 9.17) is 0 Å². The van der Waals surface area contributed by atoms with Crippen molar-refractivity contribution in [2.45, 2.75) is 0 Å². The van der Waals surface area contributed by atoms with Crippen LogP contribution < -0.4 is 10.2 Å². The Labute approximate surface area is 146 Å². The molecule has 124 valence electrons. The van der Waals surface area contributed by atoms with Gasteiger partial charge in [-0.15, -0.1) is 0 Å². The van der Waals surface area contributed by atoms with E-state index in [1.54, 1.807) is 11.3 Å². The van der Waals surface area contributed by atoms with Crippen molar-refractivity contribution in [2.24, 2.45) is 0 Å². The first-order chi connectivity index (χ1) is 11.9. The second-order valence-electron chi connectivity index (χ2n) is 5.93. The molecule has 0 radical (unpaired) electrons. The lowest BCUT2D eigenvalue weighted by Gasteiger charge is -2.35. The number of para-hydroxylation sites is 1. The van der Waals surface area contributed by atoms with Gasteiger partial charge in [0.2, 0.25) is 0 Å². The normalized spacial score (nSPS) is 15.8. The maximum absolute atomic E-state index is 4.62. The number of thiazole rings is 1. The first-order valence-electron chi connectivity index (χ1n) is 8.36. The van der Waals surface area contributed by atoms with Gasteiger partial charge in [0.25, 0.3) is 0 Å². The van der Waals surface area contributed by atoms with Crippen molar-refractivity contribution in [1.29, 1.82) is 0 Å². The van der Waals surface area contributed by atoms with Crippen LogP contribution in [0.5, 0.6) is 0 Å². The Morgan fingerprint density at radius 2 is 1.83 bits per heavy atom. The maximum atomic E-state index is 4.62. The fraction of sp³-hybridized carbons (Fsp3) is 0.333. The second kappa shape index (κ2) is 7.15. The molecule has 1 aliphatic heterocycles. The molecule has 0 aliphatic carbocycles. The lowest BCUT2D eigenvalue weighted by Crippen LogP contribution is -2.47. The number of hydrogen-bond donors (Lipinski definition) is 1. The summed E-state index contributed by atoms with van der Waals surface area (Å²) in [5.74, 6) is 1.09. The molecular weight excluding hydrogens is 318 g/mol. The summed E-state index contributed by atoms with van der Waals surface area (Å²) in [4.78, 5) is 13.9. The van der Waals surface area contributed by atoms with Crippen LogP contribution in [0.2, 0.25) is 0 Å². The number of nitrogens with one attached hydrogen (secondary N) is 1. The molecule has 3 aromatic rings. The van der Waals surface area contributed by atoms with Gasteiger partial charge in [0.05, 0.1) is 10.2 Å². The third-order valence-electron chi connectivity index (χ3n) is 4.34. The minimum absolute atomic E-state index is 0.934.